The SMILES string of the molecule is O=C1NCC(C(=O)N2CCC(c3ccccc3)S(=O)(=O)CC2)N1. The number of hydrogen-bond acceptors (Lipinski definition) is 4. The van der Waals surface area contributed by atoms with E-state index >= 15 is 0 Å². The molecule has 2 heterocycles. The van der Waals surface area contributed by atoms with Crippen molar-refractivity contribution < 1.29 is 18.0 Å². The van der Waals surface area contributed by atoms with Crippen LogP contribution in [0.3, 0.4) is 0 Å². The second kappa shape index (κ2) is 6.19. The number of amides is 3. The molecule has 2 atom stereocenters. The van der Waals surface area contributed by atoms with Gasteiger partial charge in [-0.3, -0.25) is 4.79 Å². The molecule has 8 heteroatoms. The van der Waals surface area contributed by atoms with E-state index < -0.39 is 21.1 Å². The van der Waals surface area contributed by atoms with Gasteiger partial charge in [-0.05, 0) is 12.0 Å². The number of sulfone groups is 1. The van der Waals surface area contributed by atoms with Crippen LogP contribution in [0.5, 0.6) is 0 Å². The molecule has 2 saturated heterocycles. The van der Waals surface area contributed by atoms with E-state index in [1.165, 1.54) is 0 Å². The van der Waals surface area contributed by atoms with Crippen LogP contribution in [0.4, 0.5) is 4.79 Å². The van der Waals surface area contributed by atoms with Gasteiger partial charge in [0.2, 0.25) is 5.91 Å². The van der Waals surface area contributed by atoms with Crippen molar-refractivity contribution in [3.63, 3.8) is 0 Å². The number of benzene rings is 1. The number of hydrogen-bond donors (Lipinski definition) is 2. The summed E-state index contributed by atoms with van der Waals surface area (Å²) in [6.45, 7) is 0.768. The van der Waals surface area contributed by atoms with E-state index in [1.807, 2.05) is 18.2 Å². The summed E-state index contributed by atoms with van der Waals surface area (Å²) >= 11 is 0. The number of carbonyl (C=O) groups excluding carboxylic acids is 2. The molecule has 3 rings (SSSR count). The fraction of sp³-hybridized carbons (Fsp3) is 0.467. The highest BCUT2D eigenvalue weighted by Gasteiger charge is 2.36. The van der Waals surface area contributed by atoms with Gasteiger partial charge in [-0.15, -0.1) is 0 Å². The smallest absolute Gasteiger partial charge is 0.315 e. The van der Waals surface area contributed by atoms with E-state index in [-0.39, 0.29) is 30.8 Å². The molecule has 2 N–H and O–H groups in total. The van der Waals surface area contributed by atoms with E-state index in [0.717, 1.165) is 5.56 Å². The fourth-order valence-electron chi connectivity index (χ4n) is 3.03. The molecule has 2 aliphatic rings. The predicted octanol–water partition coefficient (Wildman–Crippen LogP) is 0.0562. The van der Waals surface area contributed by atoms with E-state index in [9.17, 15) is 18.0 Å². The Morgan fingerprint density at radius 2 is 1.91 bits per heavy atom. The van der Waals surface area contributed by atoms with Gasteiger partial charge in [0, 0.05) is 19.6 Å². The fourth-order valence-corrected chi connectivity index (χ4v) is 4.83. The summed E-state index contributed by atoms with van der Waals surface area (Å²) in [6, 6.07) is 8.11. The van der Waals surface area contributed by atoms with Crippen LogP contribution in [-0.2, 0) is 14.6 Å². The summed E-state index contributed by atoms with van der Waals surface area (Å²) in [7, 11) is -3.31. The molecule has 0 aromatic heterocycles. The highest BCUT2D eigenvalue weighted by molar-refractivity contribution is 7.91. The molecule has 0 aliphatic carbocycles. The Balaban J connectivity index is 1.75. The van der Waals surface area contributed by atoms with Crippen molar-refractivity contribution in [3.8, 4) is 0 Å². The van der Waals surface area contributed by atoms with Gasteiger partial charge in [-0.25, -0.2) is 13.2 Å². The van der Waals surface area contributed by atoms with Crippen molar-refractivity contribution in [2.75, 3.05) is 25.4 Å². The Bertz CT molecular complexity index is 705. The second-order valence-electron chi connectivity index (χ2n) is 5.79. The summed E-state index contributed by atoms with van der Waals surface area (Å²) in [5.41, 5.74) is 0.762. The molecule has 2 aliphatic heterocycles. The molecule has 23 heavy (non-hydrogen) atoms. The number of nitrogens with zero attached hydrogens (tertiary/aromatic N) is 1. The van der Waals surface area contributed by atoms with Crippen molar-refractivity contribution in [2.45, 2.75) is 17.7 Å². The van der Waals surface area contributed by atoms with Crippen LogP contribution in [-0.4, -0.2) is 56.7 Å². The van der Waals surface area contributed by atoms with Gasteiger partial charge in [-0.2, -0.15) is 0 Å². The zero-order chi connectivity index (χ0) is 16.4. The Morgan fingerprint density at radius 1 is 1.17 bits per heavy atom. The minimum atomic E-state index is -3.31. The van der Waals surface area contributed by atoms with E-state index in [4.69, 9.17) is 0 Å². The Labute approximate surface area is 135 Å². The molecular weight excluding hydrogens is 318 g/mol. The lowest BCUT2D eigenvalue weighted by atomic mass is 10.1. The van der Waals surface area contributed by atoms with Gasteiger partial charge in [0.25, 0.3) is 0 Å². The zero-order valence-corrected chi connectivity index (χ0v) is 13.4. The Morgan fingerprint density at radius 3 is 2.57 bits per heavy atom. The van der Waals surface area contributed by atoms with Crippen LogP contribution in [0.15, 0.2) is 30.3 Å². The lowest BCUT2D eigenvalue weighted by molar-refractivity contribution is -0.132. The molecular formula is C15H19N3O4S. The minimum Gasteiger partial charge on any atom is -0.340 e. The van der Waals surface area contributed by atoms with Crippen molar-refractivity contribution in [1.29, 1.82) is 0 Å². The lowest BCUT2D eigenvalue weighted by Crippen LogP contribution is -2.46. The topological polar surface area (TPSA) is 95.6 Å². The molecule has 0 saturated carbocycles. The average Bonchev–Trinajstić information content (AvgIpc) is 2.90. The minimum absolute atomic E-state index is 0.0631. The monoisotopic (exact) mass is 337 g/mol. The highest BCUT2D eigenvalue weighted by Crippen LogP contribution is 2.29. The molecule has 0 spiro atoms. The van der Waals surface area contributed by atoms with E-state index in [1.54, 1.807) is 17.0 Å². The molecule has 2 unspecified atom stereocenters. The average molecular weight is 337 g/mol. The first-order valence-electron chi connectivity index (χ1n) is 7.57. The molecule has 2 fully saturated rings. The second-order valence-corrected chi connectivity index (χ2v) is 8.09. The quantitative estimate of drug-likeness (QED) is 0.797. The third kappa shape index (κ3) is 3.31. The van der Waals surface area contributed by atoms with Crippen LogP contribution in [0, 0.1) is 0 Å². The normalized spacial score (nSPS) is 27.0. The van der Waals surface area contributed by atoms with Gasteiger partial charge in [0.05, 0.1) is 11.0 Å². The summed E-state index contributed by atoms with van der Waals surface area (Å²) in [6.07, 6.45) is 0.367. The van der Waals surface area contributed by atoms with Gasteiger partial charge < -0.3 is 15.5 Å². The number of urea groups is 1. The molecule has 1 aromatic rings. The van der Waals surface area contributed by atoms with Crippen LogP contribution in [0.1, 0.15) is 17.2 Å². The van der Waals surface area contributed by atoms with Crippen molar-refractivity contribution in [1.82, 2.24) is 15.5 Å². The van der Waals surface area contributed by atoms with Crippen LogP contribution in [0.25, 0.3) is 0 Å². The maximum atomic E-state index is 12.5. The van der Waals surface area contributed by atoms with Gasteiger partial charge >= 0.3 is 6.03 Å². The van der Waals surface area contributed by atoms with Gasteiger partial charge in [0.15, 0.2) is 9.84 Å². The third-order valence-electron chi connectivity index (χ3n) is 4.29. The van der Waals surface area contributed by atoms with Crippen LogP contribution < -0.4 is 10.6 Å². The van der Waals surface area contributed by atoms with Crippen LogP contribution in [0.2, 0.25) is 0 Å². The molecule has 124 valence electrons. The van der Waals surface area contributed by atoms with E-state index in [0.29, 0.717) is 13.0 Å². The first-order valence-corrected chi connectivity index (χ1v) is 9.28. The highest BCUT2D eigenvalue weighted by atomic mass is 32.2. The maximum absolute atomic E-state index is 12.5. The summed E-state index contributed by atoms with van der Waals surface area (Å²) in [5, 5.41) is 4.50. The molecule has 1 aromatic carbocycles. The first kappa shape index (κ1) is 15.8. The summed E-state index contributed by atoms with van der Waals surface area (Å²) in [4.78, 5) is 25.1. The van der Waals surface area contributed by atoms with Gasteiger partial charge in [0.1, 0.15) is 6.04 Å². The van der Waals surface area contributed by atoms with Gasteiger partial charge in [-0.1, -0.05) is 30.3 Å². The Kier molecular flexibility index (Phi) is 4.25. The molecule has 7 nitrogen and oxygen atoms in total. The Hall–Kier alpha value is -2.09. The van der Waals surface area contributed by atoms with Crippen LogP contribution >= 0.6 is 0 Å². The maximum Gasteiger partial charge on any atom is 0.315 e. The number of rotatable bonds is 2. The summed E-state index contributed by atoms with van der Waals surface area (Å²) < 4.78 is 25.0. The zero-order valence-electron chi connectivity index (χ0n) is 12.6. The standard InChI is InChI=1S/C15H19N3O4S/c19-14(12-10-16-15(20)17-12)18-7-6-13(23(21,22)9-8-18)11-4-2-1-3-5-11/h1-5,12-13H,6-10H2,(H2,16,17,20). The summed E-state index contributed by atoms with van der Waals surface area (Å²) in [5.74, 6) is -0.292. The van der Waals surface area contributed by atoms with E-state index in [2.05, 4.69) is 10.6 Å². The number of nitrogens with one attached hydrogen (secondary N) is 2. The third-order valence-corrected chi connectivity index (χ3v) is 6.42. The van der Waals surface area contributed by atoms with Crippen molar-refractivity contribution in [3.05, 3.63) is 35.9 Å². The lowest BCUT2D eigenvalue weighted by Gasteiger charge is -2.22. The molecule has 0 bridgehead atoms. The molecule has 0 radical (unpaired) electrons. The molecule has 3 amide bonds. The van der Waals surface area contributed by atoms with Crippen molar-refractivity contribution in [2.24, 2.45) is 0 Å². The largest absolute Gasteiger partial charge is 0.340 e. The van der Waals surface area contributed by atoms with Crippen molar-refractivity contribution >= 4 is 21.8 Å². The first-order chi connectivity index (χ1) is 11.0. The number of carbonyl (C=O) groups is 2. The predicted molar refractivity (Wildman–Crippen MR) is 84.5 cm³/mol.